The van der Waals surface area contributed by atoms with Crippen LogP contribution in [0.1, 0.15) is 11.1 Å². The van der Waals surface area contributed by atoms with Crippen molar-refractivity contribution >= 4 is 45.0 Å². The second-order valence-electron chi connectivity index (χ2n) is 6.74. The molecule has 0 unspecified atom stereocenters. The van der Waals surface area contributed by atoms with E-state index in [0.717, 1.165) is 4.90 Å². The Morgan fingerprint density at radius 2 is 1.86 bits per heavy atom. The Hall–Kier alpha value is -1.58. The summed E-state index contributed by atoms with van der Waals surface area (Å²) in [7, 11) is -3.66. The second kappa shape index (κ2) is 9.49. The van der Waals surface area contributed by atoms with Gasteiger partial charge in [-0.15, -0.1) is 11.8 Å². The van der Waals surface area contributed by atoms with Crippen molar-refractivity contribution < 1.29 is 17.9 Å². The van der Waals surface area contributed by atoms with E-state index in [1.165, 1.54) is 45.4 Å². The fraction of sp³-hybridized carbons (Fsp3) is 0.350. The molecular weight excluding hydrogens is 432 g/mol. The molecule has 1 fully saturated rings. The highest BCUT2D eigenvalue weighted by molar-refractivity contribution is 8.00. The highest BCUT2D eigenvalue weighted by Gasteiger charge is 2.27. The Bertz CT molecular complexity index is 1010. The normalized spacial score (nSPS) is 15.3. The molecule has 1 amide bonds. The number of hydrogen-bond acceptors (Lipinski definition) is 5. The third-order valence-electron chi connectivity index (χ3n) is 4.67. The lowest BCUT2D eigenvalue weighted by molar-refractivity contribution is -0.113. The largest absolute Gasteiger partial charge is 0.379 e. The summed E-state index contributed by atoms with van der Waals surface area (Å²) in [5.74, 6) is -0.0599. The lowest BCUT2D eigenvalue weighted by Crippen LogP contribution is -2.40. The Labute approximate surface area is 180 Å². The van der Waals surface area contributed by atoms with Gasteiger partial charge in [0.2, 0.25) is 15.9 Å². The van der Waals surface area contributed by atoms with Gasteiger partial charge in [-0.05, 0) is 55.3 Å². The number of nitrogens with one attached hydrogen (secondary N) is 1. The first-order valence-corrected chi connectivity index (χ1v) is 11.9. The van der Waals surface area contributed by atoms with Gasteiger partial charge in [0, 0.05) is 18.0 Å². The summed E-state index contributed by atoms with van der Waals surface area (Å²) in [5, 5.41) is 3.01. The van der Waals surface area contributed by atoms with Crippen molar-refractivity contribution in [1.29, 1.82) is 0 Å². The Kier molecular flexibility index (Phi) is 7.23. The van der Waals surface area contributed by atoms with Crippen molar-refractivity contribution in [2.24, 2.45) is 0 Å². The second-order valence-corrected chi connectivity index (χ2v) is 10.1. The van der Waals surface area contributed by atoms with E-state index in [1.54, 1.807) is 0 Å². The van der Waals surface area contributed by atoms with Crippen molar-refractivity contribution in [2.45, 2.75) is 23.6 Å². The van der Waals surface area contributed by atoms with Crippen LogP contribution >= 0.6 is 23.4 Å². The number of halogens is 1. The number of morpholine rings is 1. The van der Waals surface area contributed by atoms with Gasteiger partial charge in [-0.1, -0.05) is 17.7 Å². The molecule has 1 heterocycles. The molecule has 1 saturated heterocycles. The van der Waals surface area contributed by atoms with Crippen molar-refractivity contribution in [2.75, 3.05) is 37.4 Å². The van der Waals surface area contributed by atoms with Gasteiger partial charge in [-0.3, -0.25) is 4.79 Å². The van der Waals surface area contributed by atoms with Gasteiger partial charge < -0.3 is 10.1 Å². The molecule has 0 bridgehead atoms. The summed E-state index contributed by atoms with van der Waals surface area (Å²) in [5.41, 5.74) is 2.65. The summed E-state index contributed by atoms with van der Waals surface area (Å²) >= 11 is 7.60. The zero-order chi connectivity index (χ0) is 21.0. The Morgan fingerprint density at radius 1 is 1.14 bits per heavy atom. The van der Waals surface area contributed by atoms with E-state index in [1.807, 2.05) is 32.0 Å². The Balaban J connectivity index is 1.69. The first-order valence-electron chi connectivity index (χ1n) is 9.15. The minimum absolute atomic E-state index is 0.0981. The molecule has 9 heteroatoms. The lowest BCUT2D eigenvalue weighted by Gasteiger charge is -2.26. The van der Waals surface area contributed by atoms with Gasteiger partial charge in [0.1, 0.15) is 0 Å². The summed E-state index contributed by atoms with van der Waals surface area (Å²) in [6.07, 6.45) is 0. The number of amides is 1. The van der Waals surface area contributed by atoms with Gasteiger partial charge in [0.25, 0.3) is 0 Å². The molecule has 1 aliphatic rings. The van der Waals surface area contributed by atoms with E-state index in [2.05, 4.69) is 5.32 Å². The number of benzene rings is 2. The van der Waals surface area contributed by atoms with E-state index in [0.29, 0.717) is 26.3 Å². The maximum Gasteiger partial charge on any atom is 0.243 e. The van der Waals surface area contributed by atoms with Gasteiger partial charge in [0.15, 0.2) is 0 Å². The van der Waals surface area contributed by atoms with Crippen LogP contribution in [0, 0.1) is 13.8 Å². The third-order valence-corrected chi connectivity index (χ3v) is 7.89. The standard InChI is InChI=1S/C20H23ClN2O4S2/c1-14-3-4-16(11-15(14)2)28-13-20(24)22-19-12-17(5-6-18(19)21)29(25,26)23-7-9-27-10-8-23/h3-6,11-12H,7-10,13H2,1-2H3,(H,22,24). The number of nitrogens with zero attached hydrogens (tertiary/aromatic N) is 1. The number of ether oxygens (including phenoxy) is 1. The number of rotatable bonds is 6. The molecular formula is C20H23ClN2O4S2. The first-order chi connectivity index (χ1) is 13.8. The molecule has 0 saturated carbocycles. The van der Waals surface area contributed by atoms with Crippen LogP contribution in [-0.4, -0.2) is 50.7 Å². The van der Waals surface area contributed by atoms with Crippen LogP contribution in [0.5, 0.6) is 0 Å². The van der Waals surface area contributed by atoms with Gasteiger partial charge in [-0.25, -0.2) is 8.42 Å². The zero-order valence-electron chi connectivity index (χ0n) is 16.3. The molecule has 0 aromatic heterocycles. The third kappa shape index (κ3) is 5.52. The maximum atomic E-state index is 12.8. The molecule has 1 N–H and O–H groups in total. The smallest absolute Gasteiger partial charge is 0.243 e. The van der Waals surface area contributed by atoms with Crippen LogP contribution < -0.4 is 5.32 Å². The number of carbonyl (C=O) groups is 1. The number of anilines is 1. The molecule has 0 aliphatic carbocycles. The summed E-state index contributed by atoms with van der Waals surface area (Å²) in [6, 6.07) is 10.4. The lowest BCUT2D eigenvalue weighted by atomic mass is 10.1. The predicted octanol–water partition coefficient (Wildman–Crippen LogP) is 3.71. The molecule has 0 radical (unpaired) electrons. The zero-order valence-corrected chi connectivity index (χ0v) is 18.7. The van der Waals surface area contributed by atoms with E-state index in [-0.39, 0.29) is 27.3 Å². The van der Waals surface area contributed by atoms with Crippen LogP contribution in [0.15, 0.2) is 46.2 Å². The fourth-order valence-electron chi connectivity index (χ4n) is 2.84. The first kappa shape index (κ1) is 22.1. The van der Waals surface area contributed by atoms with Crippen LogP contribution in [-0.2, 0) is 19.6 Å². The van der Waals surface area contributed by atoms with E-state index in [9.17, 15) is 13.2 Å². The highest BCUT2D eigenvalue weighted by Crippen LogP contribution is 2.28. The molecule has 3 rings (SSSR count). The minimum atomic E-state index is -3.66. The van der Waals surface area contributed by atoms with Crippen molar-refractivity contribution in [3.63, 3.8) is 0 Å². The monoisotopic (exact) mass is 454 g/mol. The van der Waals surface area contributed by atoms with Crippen LogP contribution in [0.4, 0.5) is 5.69 Å². The van der Waals surface area contributed by atoms with E-state index < -0.39 is 10.0 Å². The Morgan fingerprint density at radius 3 is 2.55 bits per heavy atom. The van der Waals surface area contributed by atoms with E-state index >= 15 is 0 Å². The highest BCUT2D eigenvalue weighted by atomic mass is 35.5. The van der Waals surface area contributed by atoms with Crippen LogP contribution in [0.2, 0.25) is 5.02 Å². The quantitative estimate of drug-likeness (QED) is 0.673. The van der Waals surface area contributed by atoms with Crippen molar-refractivity contribution in [3.05, 3.63) is 52.5 Å². The van der Waals surface area contributed by atoms with Crippen molar-refractivity contribution in [3.8, 4) is 0 Å². The minimum Gasteiger partial charge on any atom is -0.379 e. The molecule has 29 heavy (non-hydrogen) atoms. The van der Waals surface area contributed by atoms with Crippen LogP contribution in [0.25, 0.3) is 0 Å². The maximum absolute atomic E-state index is 12.8. The average Bonchev–Trinajstić information content (AvgIpc) is 2.71. The number of hydrogen-bond donors (Lipinski definition) is 1. The van der Waals surface area contributed by atoms with Gasteiger partial charge in [-0.2, -0.15) is 4.31 Å². The predicted molar refractivity (Wildman–Crippen MR) is 116 cm³/mol. The number of aryl methyl sites for hydroxylation is 2. The number of sulfonamides is 1. The average molecular weight is 455 g/mol. The van der Waals surface area contributed by atoms with Crippen LogP contribution in [0.3, 0.4) is 0 Å². The summed E-state index contributed by atoms with van der Waals surface area (Å²) in [4.78, 5) is 13.5. The molecule has 6 nitrogen and oxygen atoms in total. The molecule has 0 atom stereocenters. The molecule has 2 aromatic rings. The number of carbonyl (C=O) groups excluding carboxylic acids is 1. The number of thioether (sulfide) groups is 1. The SMILES string of the molecule is Cc1ccc(SCC(=O)Nc2cc(S(=O)(=O)N3CCOCC3)ccc2Cl)cc1C. The summed E-state index contributed by atoms with van der Waals surface area (Å²) in [6.45, 7) is 5.41. The molecule has 2 aromatic carbocycles. The topological polar surface area (TPSA) is 75.7 Å². The van der Waals surface area contributed by atoms with Gasteiger partial charge >= 0.3 is 0 Å². The summed E-state index contributed by atoms with van der Waals surface area (Å²) < 4.78 is 32.2. The van der Waals surface area contributed by atoms with E-state index in [4.69, 9.17) is 16.3 Å². The van der Waals surface area contributed by atoms with Gasteiger partial charge in [0.05, 0.1) is 34.6 Å². The molecule has 156 valence electrons. The molecule has 1 aliphatic heterocycles. The van der Waals surface area contributed by atoms with Crippen molar-refractivity contribution in [1.82, 2.24) is 4.31 Å². The fourth-order valence-corrected chi connectivity index (χ4v) is 5.23. The molecule has 0 spiro atoms.